The van der Waals surface area contributed by atoms with Gasteiger partial charge in [0.15, 0.2) is 0 Å². The fourth-order valence-electron chi connectivity index (χ4n) is 1.87. The van der Waals surface area contributed by atoms with Crippen LogP contribution in [-0.2, 0) is 10.0 Å². The van der Waals surface area contributed by atoms with Crippen molar-refractivity contribution < 1.29 is 13.5 Å². The van der Waals surface area contributed by atoms with Crippen molar-refractivity contribution in [2.75, 3.05) is 13.6 Å². The Kier molecular flexibility index (Phi) is 4.59. The monoisotopic (exact) mass is 311 g/mol. The van der Waals surface area contributed by atoms with Crippen LogP contribution in [0.25, 0.3) is 0 Å². The van der Waals surface area contributed by atoms with Crippen molar-refractivity contribution in [1.29, 1.82) is 0 Å². The second-order valence-corrected chi connectivity index (χ2v) is 7.66. The van der Waals surface area contributed by atoms with E-state index >= 15 is 0 Å². The summed E-state index contributed by atoms with van der Waals surface area (Å²) in [7, 11) is -2.09. The maximum atomic E-state index is 12.4. The first-order valence-corrected chi connectivity index (χ1v) is 8.47. The fourth-order valence-corrected chi connectivity index (χ4v) is 3.85. The average molecular weight is 311 g/mol. The van der Waals surface area contributed by atoms with E-state index in [0.29, 0.717) is 0 Å². The van der Waals surface area contributed by atoms with Gasteiger partial charge in [0.2, 0.25) is 10.0 Å². The van der Waals surface area contributed by atoms with Crippen LogP contribution >= 0.6 is 11.3 Å². The molecule has 0 spiro atoms. The third kappa shape index (κ3) is 3.27. The average Bonchev–Trinajstić information content (AvgIpc) is 2.92. The summed E-state index contributed by atoms with van der Waals surface area (Å²) in [5.74, 6) is 0. The quantitative estimate of drug-likeness (QED) is 0.922. The maximum absolute atomic E-state index is 12.4. The van der Waals surface area contributed by atoms with Gasteiger partial charge in [0, 0.05) is 18.5 Å². The number of nitrogens with zero attached hydrogens (tertiary/aromatic N) is 1. The van der Waals surface area contributed by atoms with Gasteiger partial charge in [-0.15, -0.1) is 11.3 Å². The number of benzene rings is 1. The Morgan fingerprint density at radius 2 is 2.05 bits per heavy atom. The molecule has 1 atom stereocenters. The van der Waals surface area contributed by atoms with Crippen LogP contribution < -0.4 is 0 Å². The molecule has 1 aromatic carbocycles. The van der Waals surface area contributed by atoms with E-state index in [-0.39, 0.29) is 11.4 Å². The highest BCUT2D eigenvalue weighted by Gasteiger charge is 2.23. The zero-order chi connectivity index (χ0) is 14.8. The summed E-state index contributed by atoms with van der Waals surface area (Å²) in [4.78, 5) is 1.01. The second-order valence-electron chi connectivity index (χ2n) is 4.63. The predicted octanol–water partition coefficient (Wildman–Crippen LogP) is 2.41. The van der Waals surface area contributed by atoms with E-state index in [1.54, 1.807) is 24.3 Å². The highest BCUT2D eigenvalue weighted by atomic mass is 32.2. The standard InChI is InChI=1S/C14H17NO3S2/c1-11-5-3-6-12(9-11)20(17,18)15(2)10-13(16)14-7-4-8-19-14/h3-9,13,16H,10H2,1-2H3. The minimum atomic E-state index is -3.57. The molecular formula is C14H17NO3S2. The Labute approximate surface area is 123 Å². The van der Waals surface area contributed by atoms with Gasteiger partial charge < -0.3 is 5.11 Å². The smallest absolute Gasteiger partial charge is 0.242 e. The lowest BCUT2D eigenvalue weighted by Crippen LogP contribution is -2.31. The van der Waals surface area contributed by atoms with Gasteiger partial charge in [-0.25, -0.2) is 8.42 Å². The number of likely N-dealkylation sites (N-methyl/N-ethyl adjacent to an activating group) is 1. The van der Waals surface area contributed by atoms with Gasteiger partial charge in [-0.2, -0.15) is 4.31 Å². The SMILES string of the molecule is Cc1cccc(S(=O)(=O)N(C)CC(O)c2cccs2)c1. The highest BCUT2D eigenvalue weighted by Crippen LogP contribution is 2.22. The summed E-state index contributed by atoms with van der Waals surface area (Å²) >= 11 is 1.41. The zero-order valence-corrected chi connectivity index (χ0v) is 13.0. The Balaban J connectivity index is 2.17. The summed E-state index contributed by atoms with van der Waals surface area (Å²) in [6.45, 7) is 1.89. The molecule has 0 amide bonds. The Morgan fingerprint density at radius 1 is 1.30 bits per heavy atom. The molecule has 0 radical (unpaired) electrons. The van der Waals surface area contributed by atoms with E-state index < -0.39 is 16.1 Å². The molecule has 1 heterocycles. The molecule has 6 heteroatoms. The molecule has 0 aliphatic heterocycles. The summed E-state index contributed by atoms with van der Waals surface area (Å²) in [6.07, 6.45) is -0.806. The van der Waals surface area contributed by atoms with E-state index in [2.05, 4.69) is 0 Å². The molecule has 20 heavy (non-hydrogen) atoms. The van der Waals surface area contributed by atoms with E-state index in [0.717, 1.165) is 10.4 Å². The molecule has 0 aliphatic rings. The molecule has 0 fully saturated rings. The first-order valence-electron chi connectivity index (χ1n) is 6.16. The topological polar surface area (TPSA) is 57.6 Å². The van der Waals surface area contributed by atoms with Gasteiger partial charge in [-0.05, 0) is 36.1 Å². The summed E-state index contributed by atoms with van der Waals surface area (Å²) in [6, 6.07) is 10.4. The number of sulfonamides is 1. The van der Waals surface area contributed by atoms with Crippen molar-refractivity contribution in [1.82, 2.24) is 4.31 Å². The van der Waals surface area contributed by atoms with Gasteiger partial charge >= 0.3 is 0 Å². The molecule has 1 N–H and O–H groups in total. The number of rotatable bonds is 5. The fraction of sp³-hybridized carbons (Fsp3) is 0.286. The normalized spacial score (nSPS) is 13.6. The van der Waals surface area contributed by atoms with Crippen molar-refractivity contribution in [2.45, 2.75) is 17.9 Å². The lowest BCUT2D eigenvalue weighted by atomic mass is 10.2. The van der Waals surface area contributed by atoms with Gasteiger partial charge in [-0.3, -0.25) is 0 Å². The zero-order valence-electron chi connectivity index (χ0n) is 11.4. The Morgan fingerprint density at radius 3 is 2.65 bits per heavy atom. The van der Waals surface area contributed by atoms with E-state index in [1.807, 2.05) is 24.4 Å². The van der Waals surface area contributed by atoms with Crippen LogP contribution in [0.3, 0.4) is 0 Å². The maximum Gasteiger partial charge on any atom is 0.242 e. The van der Waals surface area contributed by atoms with E-state index in [4.69, 9.17) is 0 Å². The number of aliphatic hydroxyl groups excluding tert-OH is 1. The van der Waals surface area contributed by atoms with E-state index in [9.17, 15) is 13.5 Å². The number of aryl methyl sites for hydroxylation is 1. The molecule has 0 saturated heterocycles. The van der Waals surface area contributed by atoms with Crippen LogP contribution in [0.5, 0.6) is 0 Å². The van der Waals surface area contributed by atoms with Gasteiger partial charge in [0.1, 0.15) is 6.10 Å². The molecule has 108 valence electrons. The third-order valence-corrected chi connectivity index (χ3v) is 5.79. The van der Waals surface area contributed by atoms with Crippen molar-refractivity contribution in [2.24, 2.45) is 0 Å². The first kappa shape index (κ1) is 15.2. The lowest BCUT2D eigenvalue weighted by molar-refractivity contribution is 0.158. The Bertz CT molecular complexity index is 665. The number of aliphatic hydroxyl groups is 1. The summed E-state index contributed by atoms with van der Waals surface area (Å²) in [5.41, 5.74) is 0.887. The van der Waals surface area contributed by atoms with Gasteiger partial charge in [0.25, 0.3) is 0 Å². The van der Waals surface area contributed by atoms with Crippen LogP contribution in [0.2, 0.25) is 0 Å². The van der Waals surface area contributed by atoms with Crippen LogP contribution in [0.15, 0.2) is 46.7 Å². The van der Waals surface area contributed by atoms with Gasteiger partial charge in [0.05, 0.1) is 4.90 Å². The minimum Gasteiger partial charge on any atom is -0.386 e. The number of hydrogen-bond donors (Lipinski definition) is 1. The molecule has 0 saturated carbocycles. The Hall–Kier alpha value is -1.21. The highest BCUT2D eigenvalue weighted by molar-refractivity contribution is 7.89. The van der Waals surface area contributed by atoms with E-state index in [1.165, 1.54) is 22.7 Å². The molecule has 2 aromatic rings. The summed E-state index contributed by atoms with van der Waals surface area (Å²) < 4.78 is 26.0. The van der Waals surface area contributed by atoms with Gasteiger partial charge in [-0.1, -0.05) is 18.2 Å². The largest absolute Gasteiger partial charge is 0.386 e. The molecule has 4 nitrogen and oxygen atoms in total. The van der Waals surface area contributed by atoms with Crippen molar-refractivity contribution in [3.8, 4) is 0 Å². The summed E-state index contributed by atoms with van der Waals surface area (Å²) in [5, 5.41) is 11.9. The molecule has 2 rings (SSSR count). The first-order chi connectivity index (χ1) is 9.41. The third-order valence-electron chi connectivity index (χ3n) is 3.00. The van der Waals surface area contributed by atoms with Crippen LogP contribution in [0, 0.1) is 6.92 Å². The molecule has 0 bridgehead atoms. The second kappa shape index (κ2) is 6.05. The lowest BCUT2D eigenvalue weighted by Gasteiger charge is -2.20. The minimum absolute atomic E-state index is 0.0385. The number of thiophene rings is 1. The molecule has 1 aromatic heterocycles. The predicted molar refractivity (Wildman–Crippen MR) is 80.3 cm³/mol. The molecular weight excluding hydrogens is 294 g/mol. The molecule has 0 aliphatic carbocycles. The number of hydrogen-bond acceptors (Lipinski definition) is 4. The van der Waals surface area contributed by atoms with Crippen molar-refractivity contribution >= 4 is 21.4 Å². The van der Waals surface area contributed by atoms with Crippen molar-refractivity contribution in [3.63, 3.8) is 0 Å². The van der Waals surface area contributed by atoms with Crippen molar-refractivity contribution in [3.05, 3.63) is 52.2 Å². The van der Waals surface area contributed by atoms with Crippen LogP contribution in [0.4, 0.5) is 0 Å². The van der Waals surface area contributed by atoms with Crippen LogP contribution in [-0.4, -0.2) is 31.4 Å². The molecule has 1 unspecified atom stereocenters. The van der Waals surface area contributed by atoms with Crippen LogP contribution in [0.1, 0.15) is 16.5 Å².